The Labute approximate surface area is 117 Å². The second-order valence-electron chi connectivity index (χ2n) is 5.06. The van der Waals surface area contributed by atoms with Crippen LogP contribution in [0.4, 0.5) is 0 Å². The second kappa shape index (κ2) is 7.09. The minimum Gasteiger partial charge on any atom is -0.459 e. The van der Waals surface area contributed by atoms with Crippen LogP contribution in [0.25, 0.3) is 0 Å². The molecule has 20 heavy (non-hydrogen) atoms. The van der Waals surface area contributed by atoms with Gasteiger partial charge in [-0.15, -0.1) is 0 Å². The van der Waals surface area contributed by atoms with Gasteiger partial charge in [-0.05, 0) is 37.8 Å². The van der Waals surface area contributed by atoms with Gasteiger partial charge in [0.2, 0.25) is 5.91 Å². The second-order valence-corrected chi connectivity index (χ2v) is 5.06. The number of nitrogens with one attached hydrogen (secondary N) is 2. The zero-order valence-electron chi connectivity index (χ0n) is 11.3. The zero-order chi connectivity index (χ0) is 14.4. The van der Waals surface area contributed by atoms with E-state index in [4.69, 9.17) is 4.42 Å². The third-order valence-corrected chi connectivity index (χ3v) is 3.44. The standard InChI is InChI=1S/C14H20N2O4/c17-11-5-3-10(4-6-11)16-13(18)7-8-15-14(19)12-2-1-9-20-12/h1-2,9-11,17H,3-8H2,(H,15,19)(H,16,18). The minimum absolute atomic E-state index is 0.0777. The molecular weight excluding hydrogens is 260 g/mol. The molecular formula is C14H20N2O4. The summed E-state index contributed by atoms with van der Waals surface area (Å²) in [6.07, 6.45) is 4.54. The van der Waals surface area contributed by atoms with Crippen molar-refractivity contribution < 1.29 is 19.1 Å². The quantitative estimate of drug-likeness (QED) is 0.744. The summed E-state index contributed by atoms with van der Waals surface area (Å²) >= 11 is 0. The number of furan rings is 1. The van der Waals surface area contributed by atoms with E-state index in [2.05, 4.69) is 10.6 Å². The molecule has 0 unspecified atom stereocenters. The van der Waals surface area contributed by atoms with Gasteiger partial charge in [0.15, 0.2) is 5.76 Å². The fourth-order valence-electron chi connectivity index (χ4n) is 2.30. The Morgan fingerprint density at radius 1 is 1.30 bits per heavy atom. The molecule has 2 rings (SSSR count). The average Bonchev–Trinajstić information content (AvgIpc) is 2.95. The smallest absolute Gasteiger partial charge is 0.286 e. The molecule has 0 radical (unpaired) electrons. The number of hydrogen-bond acceptors (Lipinski definition) is 4. The van der Waals surface area contributed by atoms with Crippen LogP contribution in [0.5, 0.6) is 0 Å². The van der Waals surface area contributed by atoms with E-state index >= 15 is 0 Å². The molecule has 0 bridgehead atoms. The van der Waals surface area contributed by atoms with Crippen LogP contribution in [0.1, 0.15) is 42.7 Å². The van der Waals surface area contributed by atoms with E-state index in [9.17, 15) is 14.7 Å². The van der Waals surface area contributed by atoms with Crippen molar-refractivity contribution in [3.05, 3.63) is 24.2 Å². The SMILES string of the molecule is O=C(CCNC(=O)c1ccco1)NC1CCC(O)CC1. The molecule has 0 aliphatic heterocycles. The molecule has 1 aliphatic rings. The van der Waals surface area contributed by atoms with Gasteiger partial charge in [0, 0.05) is 19.0 Å². The van der Waals surface area contributed by atoms with Gasteiger partial charge in [-0.2, -0.15) is 0 Å². The lowest BCUT2D eigenvalue weighted by molar-refractivity contribution is -0.122. The summed E-state index contributed by atoms with van der Waals surface area (Å²) in [6.45, 7) is 0.278. The van der Waals surface area contributed by atoms with Gasteiger partial charge in [0.1, 0.15) is 0 Å². The van der Waals surface area contributed by atoms with Crippen molar-refractivity contribution >= 4 is 11.8 Å². The first-order valence-corrected chi connectivity index (χ1v) is 6.94. The molecule has 1 aromatic heterocycles. The number of carbonyl (C=O) groups is 2. The highest BCUT2D eigenvalue weighted by atomic mass is 16.3. The number of rotatable bonds is 5. The van der Waals surface area contributed by atoms with Crippen LogP contribution in [-0.2, 0) is 4.79 Å². The van der Waals surface area contributed by atoms with Crippen LogP contribution in [0.15, 0.2) is 22.8 Å². The Balaban J connectivity index is 1.62. The van der Waals surface area contributed by atoms with Gasteiger partial charge in [0.25, 0.3) is 5.91 Å². The van der Waals surface area contributed by atoms with E-state index in [0.717, 1.165) is 25.7 Å². The molecule has 0 saturated heterocycles. The molecule has 1 saturated carbocycles. The summed E-state index contributed by atoms with van der Waals surface area (Å²) in [4.78, 5) is 23.3. The first kappa shape index (κ1) is 14.6. The van der Waals surface area contributed by atoms with Gasteiger partial charge in [-0.1, -0.05) is 0 Å². The van der Waals surface area contributed by atoms with Crippen molar-refractivity contribution in [1.82, 2.24) is 10.6 Å². The Bertz CT molecular complexity index is 436. The first-order chi connectivity index (χ1) is 9.65. The fourth-order valence-corrected chi connectivity index (χ4v) is 2.30. The number of aliphatic hydroxyl groups is 1. The zero-order valence-corrected chi connectivity index (χ0v) is 11.3. The lowest BCUT2D eigenvalue weighted by atomic mass is 9.93. The summed E-state index contributed by atoms with van der Waals surface area (Å²) in [6, 6.07) is 3.36. The van der Waals surface area contributed by atoms with Gasteiger partial charge < -0.3 is 20.2 Å². The lowest BCUT2D eigenvalue weighted by Crippen LogP contribution is -2.40. The van der Waals surface area contributed by atoms with E-state index in [1.54, 1.807) is 12.1 Å². The molecule has 3 N–H and O–H groups in total. The minimum atomic E-state index is -0.316. The highest BCUT2D eigenvalue weighted by Gasteiger charge is 2.20. The van der Waals surface area contributed by atoms with Crippen molar-refractivity contribution in [2.24, 2.45) is 0 Å². The third-order valence-electron chi connectivity index (χ3n) is 3.44. The monoisotopic (exact) mass is 280 g/mol. The molecule has 1 aromatic rings. The summed E-state index contributed by atoms with van der Waals surface area (Å²) in [5, 5.41) is 14.9. The van der Waals surface area contributed by atoms with Crippen molar-refractivity contribution in [2.45, 2.75) is 44.2 Å². The highest BCUT2D eigenvalue weighted by molar-refractivity contribution is 5.91. The van der Waals surface area contributed by atoms with E-state index in [-0.39, 0.29) is 42.7 Å². The summed E-state index contributed by atoms with van der Waals surface area (Å²) in [5.74, 6) is -0.151. The Kier molecular flexibility index (Phi) is 5.17. The molecule has 6 nitrogen and oxygen atoms in total. The number of amides is 2. The predicted molar refractivity (Wildman–Crippen MR) is 72.1 cm³/mol. The van der Waals surface area contributed by atoms with Crippen LogP contribution in [0.2, 0.25) is 0 Å². The molecule has 1 aliphatic carbocycles. The number of aliphatic hydroxyl groups excluding tert-OH is 1. The van der Waals surface area contributed by atoms with Gasteiger partial charge >= 0.3 is 0 Å². The topological polar surface area (TPSA) is 91.6 Å². The van der Waals surface area contributed by atoms with Crippen LogP contribution in [-0.4, -0.2) is 35.6 Å². The maximum Gasteiger partial charge on any atom is 0.286 e. The number of hydrogen-bond donors (Lipinski definition) is 3. The molecule has 2 amide bonds. The van der Waals surface area contributed by atoms with Gasteiger partial charge in [0.05, 0.1) is 12.4 Å². The summed E-state index contributed by atoms with van der Waals surface area (Å²) < 4.78 is 4.95. The average molecular weight is 280 g/mol. The predicted octanol–water partition coefficient (Wildman–Crippen LogP) is 0.819. The molecule has 1 fully saturated rings. The Morgan fingerprint density at radius 3 is 2.70 bits per heavy atom. The highest BCUT2D eigenvalue weighted by Crippen LogP contribution is 2.18. The normalized spacial score (nSPS) is 22.2. The van der Waals surface area contributed by atoms with Crippen LogP contribution >= 0.6 is 0 Å². The molecule has 0 spiro atoms. The van der Waals surface area contributed by atoms with Crippen molar-refractivity contribution in [3.63, 3.8) is 0 Å². The van der Waals surface area contributed by atoms with Crippen LogP contribution < -0.4 is 10.6 Å². The number of carbonyl (C=O) groups excluding carboxylic acids is 2. The molecule has 0 atom stereocenters. The van der Waals surface area contributed by atoms with Crippen molar-refractivity contribution in [2.75, 3.05) is 6.54 Å². The summed E-state index contributed by atoms with van der Waals surface area (Å²) in [7, 11) is 0. The van der Waals surface area contributed by atoms with E-state index < -0.39 is 0 Å². The first-order valence-electron chi connectivity index (χ1n) is 6.94. The maximum absolute atomic E-state index is 11.7. The molecule has 1 heterocycles. The third kappa shape index (κ3) is 4.38. The molecule has 6 heteroatoms. The molecule has 0 aromatic carbocycles. The fraction of sp³-hybridized carbons (Fsp3) is 0.571. The van der Waals surface area contributed by atoms with E-state index in [0.29, 0.717) is 0 Å². The van der Waals surface area contributed by atoms with Crippen LogP contribution in [0.3, 0.4) is 0 Å². The Hall–Kier alpha value is -1.82. The lowest BCUT2D eigenvalue weighted by Gasteiger charge is -2.26. The van der Waals surface area contributed by atoms with Gasteiger partial charge in [-0.25, -0.2) is 0 Å². The maximum atomic E-state index is 11.7. The summed E-state index contributed by atoms with van der Waals surface area (Å²) in [5.41, 5.74) is 0. The largest absolute Gasteiger partial charge is 0.459 e. The molecule has 110 valence electrons. The Morgan fingerprint density at radius 2 is 2.05 bits per heavy atom. The van der Waals surface area contributed by atoms with E-state index in [1.165, 1.54) is 6.26 Å². The van der Waals surface area contributed by atoms with Crippen molar-refractivity contribution in [3.8, 4) is 0 Å². The van der Waals surface area contributed by atoms with E-state index in [1.807, 2.05) is 0 Å². The van der Waals surface area contributed by atoms with Crippen LogP contribution in [0, 0.1) is 0 Å². The van der Waals surface area contributed by atoms with Gasteiger partial charge in [-0.3, -0.25) is 9.59 Å². The van der Waals surface area contributed by atoms with Crippen molar-refractivity contribution in [1.29, 1.82) is 0 Å².